The van der Waals surface area contributed by atoms with Crippen molar-refractivity contribution in [3.63, 3.8) is 0 Å². The predicted octanol–water partition coefficient (Wildman–Crippen LogP) is 3.86. The van der Waals surface area contributed by atoms with Gasteiger partial charge in [0.25, 0.3) is 0 Å². The fraction of sp³-hybridized carbons (Fsp3) is 0.636. The lowest BCUT2D eigenvalue weighted by Gasteiger charge is -2.33. The summed E-state index contributed by atoms with van der Waals surface area (Å²) in [6, 6.07) is 1.92. The van der Waals surface area contributed by atoms with Crippen molar-refractivity contribution in [2.45, 2.75) is 45.4 Å². The van der Waals surface area contributed by atoms with Gasteiger partial charge >= 0.3 is 0 Å². The number of nitrogens with one attached hydrogen (secondary N) is 1. The van der Waals surface area contributed by atoms with Gasteiger partial charge in [-0.05, 0) is 39.3 Å². The molecule has 0 bridgehead atoms. The smallest absolute Gasteiger partial charge is 0.0991 e. The topological polar surface area (TPSA) is 32.3 Å². The summed E-state index contributed by atoms with van der Waals surface area (Å²) in [5.41, 5.74) is 0.613. The number of rotatable bonds is 4. The van der Waals surface area contributed by atoms with E-state index in [0.717, 1.165) is 5.56 Å². The van der Waals surface area contributed by atoms with Gasteiger partial charge in [0.1, 0.15) is 0 Å². The quantitative estimate of drug-likeness (QED) is 0.878. The predicted molar refractivity (Wildman–Crippen MR) is 71.6 cm³/mol. The van der Waals surface area contributed by atoms with Crippen LogP contribution in [0.15, 0.2) is 6.07 Å². The Kier molecular flexibility index (Phi) is 4.66. The van der Waals surface area contributed by atoms with Gasteiger partial charge in [-0.3, -0.25) is 0 Å². The molecule has 0 radical (unpaired) electrons. The number of hydrogen-bond acceptors (Lipinski definition) is 3. The second-order valence-electron chi connectivity index (χ2n) is 4.54. The van der Waals surface area contributed by atoms with Crippen LogP contribution in [0.3, 0.4) is 0 Å². The zero-order valence-electron chi connectivity index (χ0n) is 9.84. The standard InChI is InChI=1S/C11H17Cl2NOS/c1-6(14-11(3,4)7(2)15)8-5-9(12)16-10(8)13/h5-7,14-15H,1-4H3. The fourth-order valence-electron chi connectivity index (χ4n) is 1.40. The van der Waals surface area contributed by atoms with Crippen molar-refractivity contribution in [2.24, 2.45) is 0 Å². The van der Waals surface area contributed by atoms with Gasteiger partial charge in [-0.15, -0.1) is 11.3 Å². The van der Waals surface area contributed by atoms with E-state index in [0.29, 0.717) is 8.67 Å². The molecule has 16 heavy (non-hydrogen) atoms. The van der Waals surface area contributed by atoms with E-state index < -0.39 is 6.10 Å². The third-order valence-corrected chi connectivity index (χ3v) is 4.30. The summed E-state index contributed by atoms with van der Waals surface area (Å²) in [6.45, 7) is 7.68. The molecule has 0 aromatic carbocycles. The van der Waals surface area contributed by atoms with Crippen LogP contribution in [0.2, 0.25) is 8.67 Å². The number of halogens is 2. The number of aliphatic hydroxyl groups is 1. The zero-order chi connectivity index (χ0) is 12.5. The van der Waals surface area contributed by atoms with E-state index in [-0.39, 0.29) is 11.6 Å². The second-order valence-corrected chi connectivity index (χ2v) is 6.83. The van der Waals surface area contributed by atoms with Crippen LogP contribution >= 0.6 is 34.5 Å². The van der Waals surface area contributed by atoms with Crippen LogP contribution in [-0.2, 0) is 0 Å². The molecule has 2 atom stereocenters. The molecular weight excluding hydrogens is 265 g/mol. The van der Waals surface area contributed by atoms with E-state index in [1.807, 2.05) is 26.8 Å². The van der Waals surface area contributed by atoms with Gasteiger partial charge < -0.3 is 10.4 Å². The van der Waals surface area contributed by atoms with Crippen molar-refractivity contribution in [3.05, 3.63) is 20.3 Å². The van der Waals surface area contributed by atoms with Gasteiger partial charge in [0.15, 0.2) is 0 Å². The summed E-state index contributed by atoms with van der Waals surface area (Å²) in [5.74, 6) is 0. The highest BCUT2D eigenvalue weighted by Crippen LogP contribution is 2.35. The highest BCUT2D eigenvalue weighted by Gasteiger charge is 2.27. The lowest BCUT2D eigenvalue weighted by molar-refractivity contribution is 0.0895. The maximum Gasteiger partial charge on any atom is 0.0991 e. The largest absolute Gasteiger partial charge is 0.392 e. The first-order chi connectivity index (χ1) is 7.24. The molecule has 1 heterocycles. The van der Waals surface area contributed by atoms with Gasteiger partial charge in [0.2, 0.25) is 0 Å². The Labute approximate surface area is 111 Å². The minimum Gasteiger partial charge on any atom is -0.392 e. The van der Waals surface area contributed by atoms with E-state index in [1.54, 1.807) is 6.92 Å². The Morgan fingerprint density at radius 3 is 2.31 bits per heavy atom. The Bertz CT molecular complexity index is 363. The third kappa shape index (κ3) is 3.34. The Morgan fingerprint density at radius 2 is 1.94 bits per heavy atom. The first kappa shape index (κ1) is 14.3. The number of hydrogen-bond donors (Lipinski definition) is 2. The first-order valence-electron chi connectivity index (χ1n) is 5.14. The first-order valence-corrected chi connectivity index (χ1v) is 6.71. The molecule has 0 fully saturated rings. The van der Waals surface area contributed by atoms with Gasteiger partial charge in [-0.2, -0.15) is 0 Å². The summed E-state index contributed by atoms with van der Waals surface area (Å²) in [7, 11) is 0. The summed E-state index contributed by atoms with van der Waals surface area (Å²) in [5, 5.41) is 13.0. The van der Waals surface area contributed by atoms with E-state index in [2.05, 4.69) is 5.32 Å². The lowest BCUT2D eigenvalue weighted by atomic mass is 9.96. The Balaban J connectivity index is 2.80. The summed E-state index contributed by atoms with van der Waals surface area (Å²) >= 11 is 13.3. The van der Waals surface area contributed by atoms with E-state index in [9.17, 15) is 5.11 Å². The van der Waals surface area contributed by atoms with Crippen molar-refractivity contribution >= 4 is 34.5 Å². The summed E-state index contributed by atoms with van der Waals surface area (Å²) in [4.78, 5) is 0. The maximum atomic E-state index is 9.63. The molecule has 92 valence electrons. The van der Waals surface area contributed by atoms with Gasteiger partial charge in [-0.25, -0.2) is 0 Å². The van der Waals surface area contributed by atoms with Crippen molar-refractivity contribution in [3.8, 4) is 0 Å². The molecule has 1 aromatic rings. The van der Waals surface area contributed by atoms with E-state index >= 15 is 0 Å². The average Bonchev–Trinajstić information content (AvgIpc) is 2.44. The minimum absolute atomic E-state index is 0.0563. The molecule has 0 saturated heterocycles. The minimum atomic E-state index is -0.442. The molecule has 2 nitrogen and oxygen atoms in total. The van der Waals surface area contributed by atoms with Crippen molar-refractivity contribution in [1.82, 2.24) is 5.32 Å². The normalized spacial score (nSPS) is 16.2. The van der Waals surface area contributed by atoms with E-state index in [4.69, 9.17) is 23.2 Å². The van der Waals surface area contributed by atoms with Crippen LogP contribution in [0, 0.1) is 0 Å². The van der Waals surface area contributed by atoms with Crippen LogP contribution in [0.1, 0.15) is 39.3 Å². The van der Waals surface area contributed by atoms with Crippen molar-refractivity contribution < 1.29 is 5.11 Å². The summed E-state index contributed by atoms with van der Waals surface area (Å²) in [6.07, 6.45) is -0.442. The Morgan fingerprint density at radius 1 is 1.38 bits per heavy atom. The molecule has 0 amide bonds. The van der Waals surface area contributed by atoms with Gasteiger partial charge in [0.05, 0.1) is 14.8 Å². The average molecular weight is 282 g/mol. The van der Waals surface area contributed by atoms with Crippen molar-refractivity contribution in [2.75, 3.05) is 0 Å². The van der Waals surface area contributed by atoms with Crippen LogP contribution in [0.5, 0.6) is 0 Å². The van der Waals surface area contributed by atoms with Gasteiger partial charge in [0, 0.05) is 11.6 Å². The summed E-state index contributed by atoms with van der Waals surface area (Å²) < 4.78 is 1.38. The molecule has 5 heteroatoms. The van der Waals surface area contributed by atoms with Crippen LogP contribution < -0.4 is 5.32 Å². The molecule has 0 saturated carbocycles. The molecule has 0 aliphatic rings. The second kappa shape index (κ2) is 5.23. The molecule has 0 spiro atoms. The molecule has 2 unspecified atom stereocenters. The van der Waals surface area contributed by atoms with Crippen LogP contribution in [0.4, 0.5) is 0 Å². The SMILES string of the molecule is CC(NC(C)(C)C(C)O)c1cc(Cl)sc1Cl. The number of thiophene rings is 1. The zero-order valence-corrected chi connectivity index (χ0v) is 12.2. The highest BCUT2D eigenvalue weighted by molar-refractivity contribution is 7.20. The number of aliphatic hydroxyl groups excluding tert-OH is 1. The van der Waals surface area contributed by atoms with Crippen LogP contribution in [-0.4, -0.2) is 16.7 Å². The molecule has 2 N–H and O–H groups in total. The molecule has 0 aliphatic carbocycles. The third-order valence-electron chi connectivity index (χ3n) is 2.78. The Hall–Kier alpha value is 0.200. The monoisotopic (exact) mass is 281 g/mol. The fourth-order valence-corrected chi connectivity index (χ4v) is 3.05. The van der Waals surface area contributed by atoms with E-state index in [1.165, 1.54) is 11.3 Å². The molecule has 1 aromatic heterocycles. The lowest BCUT2D eigenvalue weighted by Crippen LogP contribution is -2.49. The van der Waals surface area contributed by atoms with Crippen molar-refractivity contribution in [1.29, 1.82) is 0 Å². The van der Waals surface area contributed by atoms with Gasteiger partial charge in [-0.1, -0.05) is 23.2 Å². The maximum absolute atomic E-state index is 9.63. The highest BCUT2D eigenvalue weighted by atomic mass is 35.5. The molecular formula is C11H17Cl2NOS. The molecule has 0 aliphatic heterocycles. The molecule has 1 rings (SSSR count). The van der Waals surface area contributed by atoms with Crippen LogP contribution in [0.25, 0.3) is 0 Å².